The number of hydrogen-bond donors (Lipinski definition) is 2. The average Bonchev–Trinajstić information content (AvgIpc) is 2.31. The van der Waals surface area contributed by atoms with E-state index in [2.05, 4.69) is 31.0 Å². The van der Waals surface area contributed by atoms with Gasteiger partial charge in [0.15, 0.2) is 0 Å². The number of carbonyl (C=O) groups excluding carboxylic acids is 1. The minimum atomic E-state index is -0.615. The third-order valence-corrected chi connectivity index (χ3v) is 4.18. The predicted octanol–water partition coefficient (Wildman–Crippen LogP) is 1.49. The van der Waals surface area contributed by atoms with E-state index in [1.165, 1.54) is 19.3 Å². The van der Waals surface area contributed by atoms with Crippen molar-refractivity contribution in [1.82, 2.24) is 10.2 Å². The fourth-order valence-corrected chi connectivity index (χ4v) is 2.77. The Morgan fingerprint density at radius 2 is 1.94 bits per heavy atom. The standard InChI is InChI=1S/C14H29N3O/c1-5-9-16-14(4,13(15)18)10-17-11(2)7-6-8-12(17)3/h11-12,16H,5-10H2,1-4H3,(H2,15,18). The first kappa shape index (κ1) is 15.4. The van der Waals surface area contributed by atoms with Crippen LogP contribution in [-0.2, 0) is 4.79 Å². The normalized spacial score (nSPS) is 28.9. The van der Waals surface area contributed by atoms with Crippen molar-refractivity contribution in [3.63, 3.8) is 0 Å². The smallest absolute Gasteiger partial charge is 0.238 e. The Kier molecular flexibility index (Phi) is 5.60. The van der Waals surface area contributed by atoms with Gasteiger partial charge in [-0.1, -0.05) is 13.3 Å². The van der Waals surface area contributed by atoms with Gasteiger partial charge in [-0.05, 0) is 46.6 Å². The van der Waals surface area contributed by atoms with E-state index in [0.29, 0.717) is 18.6 Å². The molecule has 4 heteroatoms. The van der Waals surface area contributed by atoms with E-state index in [-0.39, 0.29) is 5.91 Å². The number of carbonyl (C=O) groups is 1. The molecule has 0 spiro atoms. The van der Waals surface area contributed by atoms with E-state index in [9.17, 15) is 4.79 Å². The Balaban J connectivity index is 2.72. The number of rotatable bonds is 6. The SMILES string of the molecule is CCCNC(C)(CN1C(C)CCCC1C)C(N)=O. The second-order valence-corrected chi connectivity index (χ2v) is 5.92. The van der Waals surface area contributed by atoms with Crippen molar-refractivity contribution in [2.24, 2.45) is 5.73 Å². The molecule has 1 aliphatic rings. The Hall–Kier alpha value is -0.610. The third kappa shape index (κ3) is 3.69. The highest BCUT2D eigenvalue weighted by Gasteiger charge is 2.36. The summed E-state index contributed by atoms with van der Waals surface area (Å²) in [6.45, 7) is 10.1. The molecule has 0 radical (unpaired) electrons. The van der Waals surface area contributed by atoms with Crippen molar-refractivity contribution < 1.29 is 4.79 Å². The van der Waals surface area contributed by atoms with Crippen molar-refractivity contribution in [3.8, 4) is 0 Å². The number of amides is 1. The van der Waals surface area contributed by atoms with Gasteiger partial charge in [-0.25, -0.2) is 0 Å². The fraction of sp³-hybridized carbons (Fsp3) is 0.929. The first-order valence-corrected chi connectivity index (χ1v) is 7.21. The molecule has 0 aromatic carbocycles. The summed E-state index contributed by atoms with van der Waals surface area (Å²) in [5.41, 5.74) is 4.98. The zero-order valence-corrected chi connectivity index (χ0v) is 12.3. The summed E-state index contributed by atoms with van der Waals surface area (Å²) in [6, 6.07) is 1.08. The lowest BCUT2D eigenvalue weighted by atomic mass is 9.92. The van der Waals surface area contributed by atoms with Crippen LogP contribution in [0.1, 0.15) is 53.4 Å². The molecule has 3 unspecified atom stereocenters. The first-order chi connectivity index (χ1) is 8.40. The monoisotopic (exact) mass is 255 g/mol. The summed E-state index contributed by atoms with van der Waals surface area (Å²) in [5, 5.41) is 3.32. The summed E-state index contributed by atoms with van der Waals surface area (Å²) in [5.74, 6) is -0.249. The van der Waals surface area contributed by atoms with E-state index in [1.807, 2.05) is 6.92 Å². The average molecular weight is 255 g/mol. The van der Waals surface area contributed by atoms with Gasteiger partial charge < -0.3 is 11.1 Å². The molecule has 1 aliphatic heterocycles. The molecule has 0 bridgehead atoms. The van der Waals surface area contributed by atoms with Gasteiger partial charge in [0, 0.05) is 18.6 Å². The van der Waals surface area contributed by atoms with Crippen LogP contribution >= 0.6 is 0 Å². The van der Waals surface area contributed by atoms with Crippen LogP contribution < -0.4 is 11.1 Å². The predicted molar refractivity (Wildman–Crippen MR) is 75.4 cm³/mol. The molecule has 18 heavy (non-hydrogen) atoms. The van der Waals surface area contributed by atoms with Gasteiger partial charge in [-0.15, -0.1) is 0 Å². The Bertz CT molecular complexity index is 272. The van der Waals surface area contributed by atoms with Crippen molar-refractivity contribution in [3.05, 3.63) is 0 Å². The second-order valence-electron chi connectivity index (χ2n) is 5.92. The van der Waals surface area contributed by atoms with Crippen LogP contribution in [-0.4, -0.2) is 41.5 Å². The molecule has 106 valence electrons. The Morgan fingerprint density at radius 1 is 1.39 bits per heavy atom. The molecule has 0 aliphatic carbocycles. The van der Waals surface area contributed by atoms with Gasteiger partial charge in [-0.3, -0.25) is 9.69 Å². The van der Waals surface area contributed by atoms with E-state index >= 15 is 0 Å². The molecule has 0 aromatic heterocycles. The molecule has 1 amide bonds. The van der Waals surface area contributed by atoms with Gasteiger partial charge >= 0.3 is 0 Å². The molecule has 0 aromatic rings. The highest BCUT2D eigenvalue weighted by molar-refractivity contribution is 5.84. The molecule has 1 saturated heterocycles. The summed E-state index contributed by atoms with van der Waals surface area (Å²) < 4.78 is 0. The van der Waals surface area contributed by atoms with E-state index in [0.717, 1.165) is 13.0 Å². The Morgan fingerprint density at radius 3 is 2.39 bits per heavy atom. The zero-order chi connectivity index (χ0) is 13.8. The molecule has 1 fully saturated rings. The molecule has 3 N–H and O–H groups in total. The second kappa shape index (κ2) is 6.53. The number of primary amides is 1. The van der Waals surface area contributed by atoms with E-state index < -0.39 is 5.54 Å². The molecule has 1 heterocycles. The van der Waals surface area contributed by atoms with Crippen LogP contribution in [0.4, 0.5) is 0 Å². The van der Waals surface area contributed by atoms with Crippen molar-refractivity contribution in [2.75, 3.05) is 13.1 Å². The zero-order valence-electron chi connectivity index (χ0n) is 12.3. The summed E-state index contributed by atoms with van der Waals surface area (Å²) in [4.78, 5) is 14.2. The number of nitrogens with zero attached hydrogens (tertiary/aromatic N) is 1. The maximum atomic E-state index is 11.7. The summed E-state index contributed by atoms with van der Waals surface area (Å²) >= 11 is 0. The largest absolute Gasteiger partial charge is 0.368 e. The molecule has 1 rings (SSSR count). The molecular formula is C14H29N3O. The number of piperidine rings is 1. The highest BCUT2D eigenvalue weighted by atomic mass is 16.1. The first-order valence-electron chi connectivity index (χ1n) is 7.21. The van der Waals surface area contributed by atoms with Crippen LogP contribution in [0.3, 0.4) is 0 Å². The van der Waals surface area contributed by atoms with Gasteiger partial charge in [0.25, 0.3) is 0 Å². The van der Waals surface area contributed by atoms with Gasteiger partial charge in [-0.2, -0.15) is 0 Å². The molecule has 3 atom stereocenters. The lowest BCUT2D eigenvalue weighted by Gasteiger charge is -2.43. The van der Waals surface area contributed by atoms with Crippen molar-refractivity contribution in [2.45, 2.75) is 71.0 Å². The molecule has 0 saturated carbocycles. The van der Waals surface area contributed by atoms with Crippen LogP contribution in [0.25, 0.3) is 0 Å². The minimum absolute atomic E-state index is 0.249. The fourth-order valence-electron chi connectivity index (χ4n) is 2.77. The minimum Gasteiger partial charge on any atom is -0.368 e. The van der Waals surface area contributed by atoms with Crippen LogP contribution in [0.15, 0.2) is 0 Å². The summed E-state index contributed by atoms with van der Waals surface area (Å²) in [7, 11) is 0. The van der Waals surface area contributed by atoms with E-state index in [1.54, 1.807) is 0 Å². The molecule has 4 nitrogen and oxygen atoms in total. The maximum absolute atomic E-state index is 11.7. The summed E-state index contributed by atoms with van der Waals surface area (Å²) in [6.07, 6.45) is 4.72. The number of nitrogens with two attached hydrogens (primary N) is 1. The van der Waals surface area contributed by atoms with Gasteiger partial charge in [0.05, 0.1) is 0 Å². The highest BCUT2D eigenvalue weighted by Crippen LogP contribution is 2.24. The van der Waals surface area contributed by atoms with Gasteiger partial charge in [0.1, 0.15) is 5.54 Å². The number of likely N-dealkylation sites (tertiary alicyclic amines) is 1. The Labute approximate surface area is 111 Å². The van der Waals surface area contributed by atoms with Crippen LogP contribution in [0, 0.1) is 0 Å². The van der Waals surface area contributed by atoms with Crippen LogP contribution in [0.2, 0.25) is 0 Å². The van der Waals surface area contributed by atoms with Crippen molar-refractivity contribution in [1.29, 1.82) is 0 Å². The number of hydrogen-bond acceptors (Lipinski definition) is 3. The van der Waals surface area contributed by atoms with Crippen LogP contribution in [0.5, 0.6) is 0 Å². The lowest BCUT2D eigenvalue weighted by molar-refractivity contribution is -0.125. The quantitative estimate of drug-likeness (QED) is 0.756. The molecular weight excluding hydrogens is 226 g/mol. The maximum Gasteiger partial charge on any atom is 0.238 e. The topological polar surface area (TPSA) is 58.4 Å². The van der Waals surface area contributed by atoms with E-state index in [4.69, 9.17) is 5.73 Å². The van der Waals surface area contributed by atoms with Crippen molar-refractivity contribution >= 4 is 5.91 Å². The lowest BCUT2D eigenvalue weighted by Crippen LogP contribution is -2.62. The third-order valence-electron chi connectivity index (χ3n) is 4.18. The number of nitrogens with one attached hydrogen (secondary N) is 1. The van der Waals surface area contributed by atoms with Gasteiger partial charge in [0.2, 0.25) is 5.91 Å².